The molecule has 0 amide bonds. The van der Waals surface area contributed by atoms with Crippen molar-refractivity contribution in [2.24, 2.45) is 0 Å². The maximum absolute atomic E-state index is 5.63. The van der Waals surface area contributed by atoms with Crippen molar-refractivity contribution in [2.75, 3.05) is 30.3 Å². The van der Waals surface area contributed by atoms with Crippen LogP contribution in [0.25, 0.3) is 0 Å². The fraction of sp³-hybridized carbons (Fsp3) is 0.333. The van der Waals surface area contributed by atoms with Crippen molar-refractivity contribution in [3.8, 4) is 5.75 Å². The average molecular weight is 284 g/mol. The molecule has 0 aromatic heterocycles. The van der Waals surface area contributed by atoms with E-state index in [0.717, 1.165) is 43.2 Å². The van der Waals surface area contributed by atoms with Gasteiger partial charge in [-0.25, -0.2) is 0 Å². The second-order valence-electron chi connectivity index (χ2n) is 5.10. The normalized spacial score (nSPS) is 10.2. The number of benzene rings is 2. The Kier molecular flexibility index (Phi) is 5.95. The van der Waals surface area contributed by atoms with Crippen LogP contribution in [0.15, 0.2) is 48.5 Å². The molecule has 3 nitrogen and oxygen atoms in total. The first-order valence-electron chi connectivity index (χ1n) is 7.55. The van der Waals surface area contributed by atoms with E-state index in [-0.39, 0.29) is 0 Å². The highest BCUT2D eigenvalue weighted by Gasteiger charge is 1.96. The minimum atomic E-state index is 0.762. The van der Waals surface area contributed by atoms with Gasteiger partial charge in [0.1, 0.15) is 5.75 Å². The number of hydrogen-bond acceptors (Lipinski definition) is 3. The third-order valence-corrected chi connectivity index (χ3v) is 3.11. The lowest BCUT2D eigenvalue weighted by Crippen LogP contribution is -2.13. The van der Waals surface area contributed by atoms with Gasteiger partial charge in [-0.15, -0.1) is 0 Å². The second-order valence-corrected chi connectivity index (χ2v) is 5.10. The van der Waals surface area contributed by atoms with Crippen LogP contribution in [-0.2, 0) is 0 Å². The third kappa shape index (κ3) is 5.38. The summed E-state index contributed by atoms with van der Waals surface area (Å²) in [6.45, 7) is 6.72. The molecule has 0 aliphatic rings. The van der Waals surface area contributed by atoms with Gasteiger partial charge in [-0.2, -0.15) is 0 Å². The molecule has 2 aromatic carbocycles. The molecular weight excluding hydrogens is 260 g/mol. The number of anilines is 2. The topological polar surface area (TPSA) is 33.3 Å². The Morgan fingerprint density at radius 3 is 2.24 bits per heavy atom. The van der Waals surface area contributed by atoms with Crippen molar-refractivity contribution < 1.29 is 4.74 Å². The fourth-order valence-electron chi connectivity index (χ4n) is 2.08. The summed E-state index contributed by atoms with van der Waals surface area (Å²) in [6.07, 6.45) is 1.03. The molecule has 0 heterocycles. The highest BCUT2D eigenvalue weighted by Crippen LogP contribution is 2.17. The van der Waals surface area contributed by atoms with Gasteiger partial charge in [-0.3, -0.25) is 0 Å². The SMILES string of the molecule is CCCOc1cccc(NCCNc2cccc(C)c2)c1. The van der Waals surface area contributed by atoms with Gasteiger partial charge in [-0.05, 0) is 43.2 Å². The van der Waals surface area contributed by atoms with Crippen LogP contribution in [0.5, 0.6) is 5.75 Å². The Labute approximate surface area is 127 Å². The van der Waals surface area contributed by atoms with Gasteiger partial charge in [0, 0.05) is 30.5 Å². The Balaban J connectivity index is 1.75. The van der Waals surface area contributed by atoms with Gasteiger partial charge in [0.05, 0.1) is 6.61 Å². The first-order chi connectivity index (χ1) is 10.3. The van der Waals surface area contributed by atoms with E-state index in [1.54, 1.807) is 0 Å². The van der Waals surface area contributed by atoms with Crippen LogP contribution in [0.1, 0.15) is 18.9 Å². The smallest absolute Gasteiger partial charge is 0.121 e. The molecule has 0 spiro atoms. The van der Waals surface area contributed by atoms with E-state index in [9.17, 15) is 0 Å². The lowest BCUT2D eigenvalue weighted by molar-refractivity contribution is 0.317. The molecule has 0 fully saturated rings. The zero-order chi connectivity index (χ0) is 14.9. The van der Waals surface area contributed by atoms with Gasteiger partial charge in [0.25, 0.3) is 0 Å². The lowest BCUT2D eigenvalue weighted by atomic mass is 10.2. The molecule has 2 rings (SSSR count). The quantitative estimate of drug-likeness (QED) is 0.709. The largest absolute Gasteiger partial charge is 0.494 e. The number of ether oxygens (including phenoxy) is 1. The molecule has 2 aromatic rings. The third-order valence-electron chi connectivity index (χ3n) is 3.11. The molecule has 2 N–H and O–H groups in total. The van der Waals surface area contributed by atoms with Crippen LogP contribution in [0.4, 0.5) is 11.4 Å². The summed E-state index contributed by atoms with van der Waals surface area (Å²) >= 11 is 0. The van der Waals surface area contributed by atoms with Gasteiger partial charge < -0.3 is 15.4 Å². The molecule has 0 bridgehead atoms. The number of nitrogens with one attached hydrogen (secondary N) is 2. The highest BCUT2D eigenvalue weighted by molar-refractivity contribution is 5.49. The van der Waals surface area contributed by atoms with Crippen molar-refractivity contribution in [3.05, 3.63) is 54.1 Å². The number of hydrogen-bond donors (Lipinski definition) is 2. The molecule has 0 aliphatic carbocycles. The van der Waals surface area contributed by atoms with E-state index < -0.39 is 0 Å². The molecule has 0 unspecified atom stereocenters. The predicted molar refractivity (Wildman–Crippen MR) is 90.4 cm³/mol. The number of rotatable bonds is 8. The molecule has 0 saturated carbocycles. The zero-order valence-corrected chi connectivity index (χ0v) is 12.9. The van der Waals surface area contributed by atoms with Crippen molar-refractivity contribution in [2.45, 2.75) is 20.3 Å². The Hall–Kier alpha value is -2.16. The number of aryl methyl sites for hydroxylation is 1. The molecule has 0 radical (unpaired) electrons. The van der Waals surface area contributed by atoms with Crippen LogP contribution in [0.3, 0.4) is 0 Å². The average Bonchev–Trinajstić information content (AvgIpc) is 2.50. The predicted octanol–water partition coefficient (Wildman–Crippen LogP) is 4.31. The molecule has 3 heteroatoms. The van der Waals surface area contributed by atoms with Crippen LogP contribution < -0.4 is 15.4 Å². The van der Waals surface area contributed by atoms with Crippen molar-refractivity contribution in [1.82, 2.24) is 0 Å². The van der Waals surface area contributed by atoms with Crippen LogP contribution in [0.2, 0.25) is 0 Å². The molecular formula is C18H24N2O. The van der Waals surface area contributed by atoms with Crippen LogP contribution >= 0.6 is 0 Å². The first kappa shape index (κ1) is 15.2. The van der Waals surface area contributed by atoms with E-state index >= 15 is 0 Å². The van der Waals surface area contributed by atoms with E-state index in [1.165, 1.54) is 5.56 Å². The van der Waals surface area contributed by atoms with Gasteiger partial charge in [0.2, 0.25) is 0 Å². The van der Waals surface area contributed by atoms with Crippen molar-refractivity contribution in [1.29, 1.82) is 0 Å². The fourth-order valence-corrected chi connectivity index (χ4v) is 2.08. The summed E-state index contributed by atoms with van der Waals surface area (Å²) in [6, 6.07) is 16.5. The van der Waals surface area contributed by atoms with Crippen LogP contribution in [0, 0.1) is 6.92 Å². The lowest BCUT2D eigenvalue weighted by Gasteiger charge is -2.11. The van der Waals surface area contributed by atoms with E-state index in [0.29, 0.717) is 0 Å². The summed E-state index contributed by atoms with van der Waals surface area (Å²) in [5.74, 6) is 0.925. The maximum Gasteiger partial charge on any atom is 0.121 e. The van der Waals surface area contributed by atoms with E-state index in [1.807, 2.05) is 18.2 Å². The molecule has 0 atom stereocenters. The standard InChI is InChI=1S/C18H24N2O/c1-3-12-21-18-9-5-8-17(14-18)20-11-10-19-16-7-4-6-15(2)13-16/h4-9,13-14,19-20H,3,10-12H2,1-2H3. The monoisotopic (exact) mass is 284 g/mol. The minimum Gasteiger partial charge on any atom is -0.494 e. The van der Waals surface area contributed by atoms with Crippen LogP contribution in [-0.4, -0.2) is 19.7 Å². The van der Waals surface area contributed by atoms with Crippen molar-refractivity contribution >= 4 is 11.4 Å². The van der Waals surface area contributed by atoms with Crippen molar-refractivity contribution in [3.63, 3.8) is 0 Å². The summed E-state index contributed by atoms with van der Waals surface area (Å²) in [5, 5.41) is 6.81. The van der Waals surface area contributed by atoms with Gasteiger partial charge in [0.15, 0.2) is 0 Å². The van der Waals surface area contributed by atoms with Gasteiger partial charge >= 0.3 is 0 Å². The molecule has 112 valence electrons. The Bertz CT molecular complexity index is 554. The zero-order valence-electron chi connectivity index (χ0n) is 12.9. The molecule has 21 heavy (non-hydrogen) atoms. The minimum absolute atomic E-state index is 0.762. The summed E-state index contributed by atoms with van der Waals surface area (Å²) in [4.78, 5) is 0. The van der Waals surface area contributed by atoms with E-state index in [2.05, 4.69) is 54.8 Å². The Morgan fingerprint density at radius 1 is 0.905 bits per heavy atom. The molecule has 0 aliphatic heterocycles. The van der Waals surface area contributed by atoms with E-state index in [4.69, 9.17) is 4.74 Å². The maximum atomic E-state index is 5.63. The summed E-state index contributed by atoms with van der Waals surface area (Å²) in [7, 11) is 0. The Morgan fingerprint density at radius 2 is 1.57 bits per heavy atom. The highest BCUT2D eigenvalue weighted by atomic mass is 16.5. The summed E-state index contributed by atoms with van der Waals surface area (Å²) < 4.78 is 5.63. The summed E-state index contributed by atoms with van der Waals surface area (Å²) in [5.41, 5.74) is 3.53. The first-order valence-corrected chi connectivity index (χ1v) is 7.55. The second kappa shape index (κ2) is 8.20. The van der Waals surface area contributed by atoms with Gasteiger partial charge in [-0.1, -0.05) is 25.1 Å². The molecule has 0 saturated heterocycles.